The maximum atomic E-state index is 12.3. The molecule has 0 atom stereocenters. The second-order valence-corrected chi connectivity index (χ2v) is 7.38. The standard InChI is InChI=1S/C18H22N2O2S/c1-12(2)20-17(21)16(23-18(20)22)11-14-6-7-15(13(3)10-14)19-8-4-5-9-19/h6-7,10-12H,4-5,8-9H2,1-3H3/b16-11-. The average Bonchev–Trinajstić information content (AvgIpc) is 3.08. The predicted molar refractivity (Wildman–Crippen MR) is 95.6 cm³/mol. The maximum Gasteiger partial charge on any atom is 0.293 e. The molecule has 2 aliphatic heterocycles. The number of aryl methyl sites for hydroxylation is 1. The van der Waals surface area contributed by atoms with E-state index < -0.39 is 0 Å². The molecule has 1 aromatic rings. The van der Waals surface area contributed by atoms with E-state index in [1.54, 1.807) is 0 Å². The second-order valence-electron chi connectivity index (χ2n) is 6.39. The lowest BCUT2D eigenvalue weighted by Crippen LogP contribution is -2.34. The quantitative estimate of drug-likeness (QED) is 0.784. The third-order valence-electron chi connectivity index (χ3n) is 4.31. The van der Waals surface area contributed by atoms with Crippen LogP contribution < -0.4 is 4.90 Å². The van der Waals surface area contributed by atoms with Gasteiger partial charge in [0.1, 0.15) is 0 Å². The fourth-order valence-electron chi connectivity index (χ4n) is 3.16. The molecule has 2 saturated heterocycles. The summed E-state index contributed by atoms with van der Waals surface area (Å²) in [6.07, 6.45) is 4.33. The summed E-state index contributed by atoms with van der Waals surface area (Å²) >= 11 is 1.03. The van der Waals surface area contributed by atoms with Crippen LogP contribution in [0.3, 0.4) is 0 Å². The first-order valence-corrected chi connectivity index (χ1v) is 8.91. The van der Waals surface area contributed by atoms with Crippen molar-refractivity contribution in [3.8, 4) is 0 Å². The van der Waals surface area contributed by atoms with Crippen molar-refractivity contribution in [1.82, 2.24) is 4.90 Å². The van der Waals surface area contributed by atoms with E-state index in [9.17, 15) is 9.59 Å². The van der Waals surface area contributed by atoms with E-state index in [-0.39, 0.29) is 17.2 Å². The molecule has 0 aromatic heterocycles. The molecule has 0 aliphatic carbocycles. The molecule has 0 spiro atoms. The van der Waals surface area contributed by atoms with Gasteiger partial charge >= 0.3 is 0 Å². The highest BCUT2D eigenvalue weighted by Crippen LogP contribution is 2.34. The summed E-state index contributed by atoms with van der Waals surface area (Å²) in [5.41, 5.74) is 3.46. The van der Waals surface area contributed by atoms with E-state index in [4.69, 9.17) is 0 Å². The molecule has 0 saturated carbocycles. The number of rotatable bonds is 3. The SMILES string of the molecule is Cc1cc(/C=C2\SC(=O)N(C(C)C)C2=O)ccc1N1CCCC1. The maximum absolute atomic E-state index is 12.3. The zero-order valence-electron chi connectivity index (χ0n) is 13.8. The molecule has 4 nitrogen and oxygen atoms in total. The number of hydrogen-bond donors (Lipinski definition) is 0. The zero-order chi connectivity index (χ0) is 16.6. The third-order valence-corrected chi connectivity index (χ3v) is 5.19. The largest absolute Gasteiger partial charge is 0.371 e. The van der Waals surface area contributed by atoms with E-state index >= 15 is 0 Å². The minimum atomic E-state index is -0.184. The zero-order valence-corrected chi connectivity index (χ0v) is 14.7. The van der Waals surface area contributed by atoms with Crippen molar-refractivity contribution >= 4 is 34.7 Å². The molecule has 0 radical (unpaired) electrons. The lowest BCUT2D eigenvalue weighted by atomic mass is 10.1. The number of carbonyl (C=O) groups is 2. The molecule has 0 unspecified atom stereocenters. The lowest BCUT2D eigenvalue weighted by molar-refractivity contribution is -0.123. The van der Waals surface area contributed by atoms with Gasteiger partial charge in [0.05, 0.1) is 4.91 Å². The van der Waals surface area contributed by atoms with Gasteiger partial charge < -0.3 is 4.90 Å². The number of nitrogens with zero attached hydrogens (tertiary/aromatic N) is 2. The number of carbonyl (C=O) groups excluding carboxylic acids is 2. The average molecular weight is 330 g/mol. The number of thioether (sulfide) groups is 1. The Morgan fingerprint density at radius 2 is 1.87 bits per heavy atom. The van der Waals surface area contributed by atoms with Crippen LogP contribution in [-0.2, 0) is 4.79 Å². The summed E-state index contributed by atoms with van der Waals surface area (Å²) in [7, 11) is 0. The second kappa shape index (κ2) is 6.40. The highest BCUT2D eigenvalue weighted by Gasteiger charge is 2.36. The fraction of sp³-hybridized carbons (Fsp3) is 0.444. The molecule has 0 N–H and O–H groups in total. The van der Waals surface area contributed by atoms with Gasteiger partial charge in [-0.1, -0.05) is 6.07 Å². The normalized spacial score (nSPS) is 20.4. The van der Waals surface area contributed by atoms with Crippen molar-refractivity contribution in [2.24, 2.45) is 0 Å². The topological polar surface area (TPSA) is 40.6 Å². The van der Waals surface area contributed by atoms with Crippen LogP contribution in [0.25, 0.3) is 6.08 Å². The number of imide groups is 1. The Morgan fingerprint density at radius 1 is 1.17 bits per heavy atom. The summed E-state index contributed by atoms with van der Waals surface area (Å²) in [5.74, 6) is -0.184. The van der Waals surface area contributed by atoms with Gasteiger partial charge in [0.15, 0.2) is 0 Å². The third kappa shape index (κ3) is 3.15. The van der Waals surface area contributed by atoms with E-state index in [1.807, 2.05) is 26.0 Å². The van der Waals surface area contributed by atoms with E-state index in [1.165, 1.54) is 29.0 Å². The molecule has 122 valence electrons. The Balaban J connectivity index is 1.84. The Kier molecular flexibility index (Phi) is 4.48. The first-order valence-electron chi connectivity index (χ1n) is 8.10. The van der Waals surface area contributed by atoms with E-state index in [0.29, 0.717) is 4.91 Å². The Morgan fingerprint density at radius 3 is 2.43 bits per heavy atom. The van der Waals surface area contributed by atoms with Crippen LogP contribution in [0.15, 0.2) is 23.1 Å². The molecule has 2 aliphatic rings. The predicted octanol–water partition coefficient (Wildman–Crippen LogP) is 4.04. The summed E-state index contributed by atoms with van der Waals surface area (Å²) in [5, 5.41) is -0.179. The van der Waals surface area contributed by atoms with Gasteiger partial charge in [0, 0.05) is 24.8 Å². The van der Waals surface area contributed by atoms with Gasteiger partial charge in [0.25, 0.3) is 11.1 Å². The van der Waals surface area contributed by atoms with Crippen LogP contribution in [0.2, 0.25) is 0 Å². The highest BCUT2D eigenvalue weighted by atomic mass is 32.2. The molecule has 2 heterocycles. The molecule has 5 heteroatoms. The van der Waals surface area contributed by atoms with Crippen LogP contribution in [0.1, 0.15) is 37.8 Å². The Bertz CT molecular complexity index is 676. The molecule has 1 aromatic carbocycles. The van der Waals surface area contributed by atoms with Crippen LogP contribution >= 0.6 is 11.8 Å². The molecular weight excluding hydrogens is 308 g/mol. The monoisotopic (exact) mass is 330 g/mol. The van der Waals surface area contributed by atoms with Crippen LogP contribution in [0, 0.1) is 6.92 Å². The van der Waals surface area contributed by atoms with E-state index in [0.717, 1.165) is 30.4 Å². The van der Waals surface area contributed by atoms with Gasteiger partial charge in [-0.2, -0.15) is 0 Å². The molecular formula is C18H22N2O2S. The van der Waals surface area contributed by atoms with Gasteiger partial charge in [-0.15, -0.1) is 0 Å². The molecule has 2 amide bonds. The van der Waals surface area contributed by atoms with Gasteiger partial charge in [-0.05, 0) is 74.7 Å². The minimum absolute atomic E-state index is 0.104. The Labute approximate surface area is 141 Å². The minimum Gasteiger partial charge on any atom is -0.371 e. The molecule has 23 heavy (non-hydrogen) atoms. The summed E-state index contributed by atoms with van der Waals surface area (Å²) in [6.45, 7) is 8.05. The van der Waals surface area contributed by atoms with Crippen molar-refractivity contribution in [1.29, 1.82) is 0 Å². The van der Waals surface area contributed by atoms with Crippen LogP contribution in [0.5, 0.6) is 0 Å². The van der Waals surface area contributed by atoms with Crippen molar-refractivity contribution in [3.05, 3.63) is 34.2 Å². The summed E-state index contributed by atoms with van der Waals surface area (Å²) in [4.78, 5) is 28.5. The van der Waals surface area contributed by atoms with Crippen molar-refractivity contribution in [2.75, 3.05) is 18.0 Å². The summed E-state index contributed by atoms with van der Waals surface area (Å²) in [6, 6.07) is 6.15. The number of benzene rings is 1. The van der Waals surface area contributed by atoms with E-state index in [2.05, 4.69) is 24.0 Å². The fourth-order valence-corrected chi connectivity index (χ4v) is 4.12. The van der Waals surface area contributed by atoms with Gasteiger partial charge in [-0.3, -0.25) is 14.5 Å². The first kappa shape index (κ1) is 16.1. The van der Waals surface area contributed by atoms with Gasteiger partial charge in [-0.25, -0.2) is 0 Å². The molecule has 2 fully saturated rings. The van der Waals surface area contributed by atoms with Crippen molar-refractivity contribution < 1.29 is 9.59 Å². The smallest absolute Gasteiger partial charge is 0.293 e. The molecule has 3 rings (SSSR count). The van der Waals surface area contributed by atoms with Crippen LogP contribution in [-0.4, -0.2) is 35.2 Å². The molecule has 0 bridgehead atoms. The summed E-state index contributed by atoms with van der Waals surface area (Å²) < 4.78 is 0. The van der Waals surface area contributed by atoms with Crippen LogP contribution in [0.4, 0.5) is 10.5 Å². The van der Waals surface area contributed by atoms with Crippen molar-refractivity contribution in [3.63, 3.8) is 0 Å². The number of anilines is 1. The first-order chi connectivity index (χ1) is 11.0. The highest BCUT2D eigenvalue weighted by molar-refractivity contribution is 8.18. The van der Waals surface area contributed by atoms with Gasteiger partial charge in [0.2, 0.25) is 0 Å². The Hall–Kier alpha value is -1.75. The number of amides is 2. The lowest BCUT2D eigenvalue weighted by Gasteiger charge is -2.20. The number of hydrogen-bond acceptors (Lipinski definition) is 4. The van der Waals surface area contributed by atoms with Crippen molar-refractivity contribution in [2.45, 2.75) is 39.7 Å².